The molecule has 76 heavy (non-hydrogen) atoms. The Morgan fingerprint density at radius 3 is 1.41 bits per heavy atom. The maximum absolute atomic E-state index is 13.6. The molecule has 1 amide bonds. The molecule has 434 valence electrons. The molecule has 0 bridgehead atoms. The Kier molecular flexibility index (Phi) is 18.7. The highest BCUT2D eigenvalue weighted by atomic mass is 32.2. The summed E-state index contributed by atoms with van der Waals surface area (Å²) >= 11 is 0. The minimum absolute atomic E-state index is 0.00505. The molecule has 8 rings (SSSR count). The van der Waals surface area contributed by atoms with Crippen LogP contribution in [-0.2, 0) is 39.4 Å². The van der Waals surface area contributed by atoms with Crippen molar-refractivity contribution in [3.63, 3.8) is 0 Å². The number of nitrogens with one attached hydrogen (secondary N) is 1. The molecule has 6 N–H and O–H groups in total. The topological polar surface area (TPSA) is 250 Å². The smallest absolute Gasteiger partial charge is 0.266 e. The lowest BCUT2D eigenvalue weighted by molar-refractivity contribution is -0.170. The molecule has 0 aromatic rings. The van der Waals surface area contributed by atoms with E-state index in [1.807, 2.05) is 0 Å². The summed E-state index contributed by atoms with van der Waals surface area (Å²) in [6.07, 6.45) is 17.5. The quantitative estimate of drug-likeness (QED) is 0.0522. The second-order valence-electron chi connectivity index (χ2n) is 28.5. The van der Waals surface area contributed by atoms with Crippen molar-refractivity contribution >= 4 is 43.5 Å². The summed E-state index contributed by atoms with van der Waals surface area (Å²) in [6, 6.07) is 0. The molecule has 8 fully saturated rings. The molecule has 0 aromatic carbocycles. The Balaban J connectivity index is 0.760. The molecular formula is C60H99NO13S2. The van der Waals surface area contributed by atoms with Gasteiger partial charge in [-0.25, -0.2) is 0 Å². The van der Waals surface area contributed by atoms with E-state index in [1.54, 1.807) is 0 Å². The molecule has 8 saturated carbocycles. The zero-order chi connectivity index (χ0) is 55.3. The third-order valence-corrected chi connectivity index (χ3v) is 25.8. The molecule has 0 spiro atoms. The number of Topliss-reactive ketones (excluding diaryl/α,β-unsaturated/α-hetero) is 3. The summed E-state index contributed by atoms with van der Waals surface area (Å²) in [6.45, 7) is 14.1. The summed E-state index contributed by atoms with van der Waals surface area (Å²) in [5.41, 5.74) is 0.373. The first-order valence-electron chi connectivity index (χ1n) is 30.3. The molecule has 3 unspecified atom stereocenters. The van der Waals surface area contributed by atoms with Crippen LogP contribution in [0.1, 0.15) is 208 Å². The molecular weight excluding hydrogens is 1010 g/mol. The molecule has 14 nitrogen and oxygen atoms in total. The molecule has 8 aliphatic carbocycles. The number of hydrogen-bond donors (Lipinski definition) is 6. The number of aliphatic hydroxyl groups is 3. The predicted molar refractivity (Wildman–Crippen MR) is 292 cm³/mol. The van der Waals surface area contributed by atoms with Gasteiger partial charge < -0.3 is 20.6 Å². The lowest BCUT2D eigenvalue weighted by Crippen LogP contribution is -2.58. The molecule has 0 radical (unpaired) electrons. The first-order chi connectivity index (χ1) is 35.5. The number of fused-ring (bicyclic) bond motifs is 10. The highest BCUT2D eigenvalue weighted by Crippen LogP contribution is 2.71. The summed E-state index contributed by atoms with van der Waals surface area (Å²) in [4.78, 5) is 52.3. The lowest BCUT2D eigenvalue weighted by Gasteiger charge is -2.62. The molecule has 0 saturated heterocycles. The first-order valence-corrected chi connectivity index (χ1v) is 33.5. The zero-order valence-corrected chi connectivity index (χ0v) is 48.8. The third kappa shape index (κ3) is 12.9. The van der Waals surface area contributed by atoms with E-state index in [-0.39, 0.29) is 113 Å². The minimum atomic E-state index is -4.13. The number of carbonyl (C=O) groups excluding carboxylic acids is 4. The van der Waals surface area contributed by atoms with Crippen LogP contribution in [0.4, 0.5) is 0 Å². The average molecular weight is 1110 g/mol. The van der Waals surface area contributed by atoms with Gasteiger partial charge in [-0.1, -0.05) is 41.5 Å². The number of hydrogen-bond acceptors (Lipinski definition) is 11. The van der Waals surface area contributed by atoms with Crippen LogP contribution in [0, 0.1) is 105 Å². The Labute approximate surface area is 456 Å². The Hall–Kier alpha value is -1.82. The largest absolute Gasteiger partial charge is 0.393 e. The fourth-order valence-corrected chi connectivity index (χ4v) is 21.4. The van der Waals surface area contributed by atoms with Gasteiger partial charge >= 0.3 is 0 Å². The van der Waals surface area contributed by atoms with E-state index < -0.39 is 38.2 Å². The van der Waals surface area contributed by atoms with Gasteiger partial charge in [0.2, 0.25) is 5.91 Å². The van der Waals surface area contributed by atoms with Crippen molar-refractivity contribution in [2.24, 2.45) is 105 Å². The maximum Gasteiger partial charge on any atom is 0.266 e. The normalized spacial score (nSPS) is 42.2. The van der Waals surface area contributed by atoms with Gasteiger partial charge in [-0.3, -0.25) is 28.3 Å². The van der Waals surface area contributed by atoms with Crippen LogP contribution in [0.15, 0.2) is 0 Å². The van der Waals surface area contributed by atoms with E-state index in [0.29, 0.717) is 91.3 Å². The van der Waals surface area contributed by atoms with E-state index in [9.17, 15) is 51.3 Å². The summed E-state index contributed by atoms with van der Waals surface area (Å²) < 4.78 is 62.4. The van der Waals surface area contributed by atoms with Gasteiger partial charge in [-0.05, 0) is 227 Å². The first kappa shape index (κ1) is 60.3. The van der Waals surface area contributed by atoms with Gasteiger partial charge in [-0.2, -0.15) is 16.8 Å². The number of rotatable bonds is 23. The van der Waals surface area contributed by atoms with Gasteiger partial charge in [0.25, 0.3) is 20.2 Å². The molecule has 0 aromatic heterocycles. The van der Waals surface area contributed by atoms with E-state index >= 15 is 0 Å². The minimum Gasteiger partial charge on any atom is -0.393 e. The number of carbonyl (C=O) groups is 4. The van der Waals surface area contributed by atoms with Gasteiger partial charge in [0.05, 0.1) is 29.8 Å². The summed E-state index contributed by atoms with van der Waals surface area (Å²) in [5.74, 6) is 3.80. The van der Waals surface area contributed by atoms with E-state index in [0.717, 1.165) is 109 Å². The highest BCUT2D eigenvalue weighted by molar-refractivity contribution is 7.86. The van der Waals surface area contributed by atoms with Gasteiger partial charge in [0, 0.05) is 51.5 Å². The van der Waals surface area contributed by atoms with Crippen molar-refractivity contribution in [3.05, 3.63) is 0 Å². The van der Waals surface area contributed by atoms with Crippen molar-refractivity contribution in [2.75, 3.05) is 18.1 Å². The van der Waals surface area contributed by atoms with E-state index in [2.05, 4.69) is 46.9 Å². The predicted octanol–water partition coefficient (Wildman–Crippen LogP) is 9.61. The van der Waals surface area contributed by atoms with Gasteiger partial charge in [-0.15, -0.1) is 0 Å². The second kappa shape index (κ2) is 23.6. The maximum atomic E-state index is 13.6. The Morgan fingerprint density at radius 1 is 0.539 bits per heavy atom. The van der Waals surface area contributed by atoms with E-state index in [1.165, 1.54) is 0 Å². The van der Waals surface area contributed by atoms with Gasteiger partial charge in [0.15, 0.2) is 0 Å². The monoisotopic (exact) mass is 1110 g/mol. The van der Waals surface area contributed by atoms with Crippen LogP contribution < -0.4 is 5.32 Å². The number of amides is 1. The lowest BCUT2D eigenvalue weighted by atomic mass is 9.43. The Morgan fingerprint density at radius 2 is 0.961 bits per heavy atom. The summed E-state index contributed by atoms with van der Waals surface area (Å²) in [7, 11) is -8.19. The van der Waals surface area contributed by atoms with Crippen LogP contribution in [0.2, 0.25) is 0 Å². The zero-order valence-electron chi connectivity index (χ0n) is 47.1. The van der Waals surface area contributed by atoms with Crippen molar-refractivity contribution in [1.29, 1.82) is 0 Å². The van der Waals surface area contributed by atoms with Crippen molar-refractivity contribution < 1.29 is 60.4 Å². The highest BCUT2D eigenvalue weighted by Gasteiger charge is 2.65. The van der Waals surface area contributed by atoms with E-state index in [4.69, 9.17) is 9.11 Å². The van der Waals surface area contributed by atoms with Crippen LogP contribution >= 0.6 is 0 Å². The molecule has 0 heterocycles. The van der Waals surface area contributed by atoms with Crippen LogP contribution in [0.3, 0.4) is 0 Å². The fourth-order valence-electron chi connectivity index (χ4n) is 20.5. The van der Waals surface area contributed by atoms with Crippen molar-refractivity contribution in [1.82, 2.24) is 5.32 Å². The fraction of sp³-hybridized carbons (Fsp3) is 0.933. The van der Waals surface area contributed by atoms with Crippen molar-refractivity contribution in [2.45, 2.75) is 227 Å². The molecule has 21 atom stereocenters. The standard InChI is InChI=1S/C60H99NO13S2/c1-36(9-11-42(62)8-7-26-75(69,70)71)46-12-14-48-55-50(19-23-59(46,48)5)57(3)21-17-38(28-40(57)32-52(55)66)30-43(63)34-45(65)35-44(64)31-39-18-22-58(4)41(29-39)33-53(67)56-49-15-13-47(60(49,6)24-20-51(56)58)37(2)10-16-54(68)61-25-27-76(72,73)74/h36-41,45-53,55-56,65-67H,7-35H2,1-6H3,(H,61,68)(H,69,70,71)(H,72,73,74)/t36-,37-,38+,39-,40?,41?,45?,46+,47+,48-,49+,50-,51+,52-,53+,55-,56+,57-,58+,59+,60-/m0/s1. The van der Waals surface area contributed by atoms with Crippen LogP contribution in [0.25, 0.3) is 0 Å². The van der Waals surface area contributed by atoms with Crippen LogP contribution in [0.5, 0.6) is 0 Å². The third-order valence-electron chi connectivity index (χ3n) is 24.3. The Bertz CT molecular complexity index is 2170. The second-order valence-corrected chi connectivity index (χ2v) is 31.6. The summed E-state index contributed by atoms with van der Waals surface area (Å²) in [5, 5.41) is 37.8. The van der Waals surface area contributed by atoms with Crippen molar-refractivity contribution in [3.8, 4) is 0 Å². The average Bonchev–Trinajstić information content (AvgIpc) is 3.91. The molecule has 16 heteroatoms. The van der Waals surface area contributed by atoms with Gasteiger partial charge in [0.1, 0.15) is 17.3 Å². The number of aliphatic hydroxyl groups excluding tert-OH is 3. The molecule has 0 aliphatic heterocycles. The number of ketones is 3. The van der Waals surface area contributed by atoms with Crippen LogP contribution in [-0.4, -0.2) is 101 Å². The molecule has 8 aliphatic rings. The SMILES string of the molecule is C[C@@H](CCC(=O)NCCS(=O)(=O)O)[C@H]1CC[C@@H]2[C@H]3[C@H](O)CC4C[C@@H](CC(=O)CC(O)CC(=O)C[C@@H]5CC[C@@]6(C)C(C5)C[C@H](O)[C@H]5[C@@H]7CC[C@H]([C@@H](C)CCC(=O)CCCS(=O)(=O)O)[C@@]7(C)CC[C@@H]56)CC[C@@]4(C)[C@@H]3CC[C@]21C.